The first kappa shape index (κ1) is 29.0. The summed E-state index contributed by atoms with van der Waals surface area (Å²) in [6.07, 6.45) is 0. The van der Waals surface area contributed by atoms with Crippen LogP contribution in [-0.2, 0) is 5.41 Å². The minimum Gasteiger partial charge on any atom is -0.192 e. The summed E-state index contributed by atoms with van der Waals surface area (Å²) in [5.41, 5.74) is 15.2. The lowest BCUT2D eigenvalue weighted by Gasteiger charge is -2.23. The lowest BCUT2D eigenvalue weighted by molar-refractivity contribution is 0.660. The van der Waals surface area contributed by atoms with Crippen molar-refractivity contribution in [3.63, 3.8) is 0 Å². The van der Waals surface area contributed by atoms with Gasteiger partial charge in [0.2, 0.25) is 0 Å². The summed E-state index contributed by atoms with van der Waals surface area (Å²) in [6, 6.07) is 61.7. The summed E-state index contributed by atoms with van der Waals surface area (Å²) in [5, 5.41) is 14.6. The van der Waals surface area contributed by atoms with Crippen LogP contribution >= 0.6 is 0 Å². The monoisotopic (exact) mass is 623 g/mol. The number of hydrogen-bond acceptors (Lipinski definition) is 1. The Morgan fingerprint density at radius 2 is 0.816 bits per heavy atom. The van der Waals surface area contributed by atoms with E-state index in [0.29, 0.717) is 5.56 Å². The Kier molecular flexibility index (Phi) is 6.61. The number of nitrogens with zero attached hydrogens (tertiary/aromatic N) is 1. The van der Waals surface area contributed by atoms with Crippen molar-refractivity contribution in [2.45, 2.75) is 19.3 Å². The van der Waals surface area contributed by atoms with Gasteiger partial charge in [-0.1, -0.05) is 141 Å². The van der Waals surface area contributed by atoms with E-state index in [1.807, 2.05) is 6.07 Å². The molecule has 230 valence electrons. The van der Waals surface area contributed by atoms with Crippen LogP contribution in [0.3, 0.4) is 0 Å². The quantitative estimate of drug-likeness (QED) is 0.179. The lowest BCUT2D eigenvalue weighted by Crippen LogP contribution is -2.15. The van der Waals surface area contributed by atoms with Crippen molar-refractivity contribution < 1.29 is 0 Å². The Balaban J connectivity index is 1.31. The molecule has 1 nitrogen and oxygen atoms in total. The zero-order chi connectivity index (χ0) is 33.1. The van der Waals surface area contributed by atoms with Gasteiger partial charge in [0.15, 0.2) is 0 Å². The molecule has 0 amide bonds. The first-order valence-corrected chi connectivity index (χ1v) is 16.9. The Labute approximate surface area is 287 Å². The van der Waals surface area contributed by atoms with Gasteiger partial charge in [-0.25, -0.2) is 0 Å². The highest BCUT2D eigenvalue weighted by molar-refractivity contribution is 6.21. The van der Waals surface area contributed by atoms with E-state index in [-0.39, 0.29) is 5.41 Å². The van der Waals surface area contributed by atoms with Crippen molar-refractivity contribution in [2.75, 3.05) is 0 Å². The molecular weight excluding hydrogens is 591 g/mol. The van der Waals surface area contributed by atoms with Crippen molar-refractivity contribution in [1.29, 1.82) is 5.26 Å². The predicted octanol–water partition coefficient (Wildman–Crippen LogP) is 12.8. The molecule has 0 bridgehead atoms. The van der Waals surface area contributed by atoms with Gasteiger partial charge in [-0.15, -0.1) is 0 Å². The van der Waals surface area contributed by atoms with E-state index in [0.717, 1.165) is 0 Å². The van der Waals surface area contributed by atoms with Gasteiger partial charge in [0, 0.05) is 5.41 Å². The highest BCUT2D eigenvalue weighted by Gasteiger charge is 2.36. The molecule has 0 radical (unpaired) electrons. The van der Waals surface area contributed by atoms with E-state index in [1.165, 1.54) is 88.3 Å². The molecule has 1 aliphatic carbocycles. The molecule has 0 heterocycles. The molecule has 9 rings (SSSR count). The fourth-order valence-electron chi connectivity index (χ4n) is 8.08. The smallest absolute Gasteiger partial charge is 0.0991 e. The highest BCUT2D eigenvalue weighted by atomic mass is 14.4. The maximum absolute atomic E-state index is 9.65. The molecule has 0 unspecified atom stereocenters. The normalized spacial score (nSPS) is 12.8. The van der Waals surface area contributed by atoms with E-state index in [4.69, 9.17) is 0 Å². The van der Waals surface area contributed by atoms with Gasteiger partial charge in [-0.05, 0) is 125 Å². The van der Waals surface area contributed by atoms with Crippen molar-refractivity contribution >= 4 is 21.5 Å². The van der Waals surface area contributed by atoms with Crippen molar-refractivity contribution in [2.24, 2.45) is 0 Å². The van der Waals surface area contributed by atoms with Gasteiger partial charge in [0.25, 0.3) is 0 Å². The number of benzene rings is 8. The minimum atomic E-state index is -0.217. The van der Waals surface area contributed by atoms with E-state index in [1.54, 1.807) is 0 Å². The van der Waals surface area contributed by atoms with Crippen LogP contribution in [0, 0.1) is 11.3 Å². The summed E-state index contributed by atoms with van der Waals surface area (Å²) in [5.74, 6) is 0. The molecule has 8 aromatic rings. The van der Waals surface area contributed by atoms with Crippen LogP contribution in [0.5, 0.6) is 0 Å². The predicted molar refractivity (Wildman–Crippen MR) is 205 cm³/mol. The third-order valence-electron chi connectivity index (χ3n) is 10.5. The van der Waals surface area contributed by atoms with Gasteiger partial charge in [0.1, 0.15) is 0 Å². The van der Waals surface area contributed by atoms with Crippen molar-refractivity contribution in [3.8, 4) is 61.7 Å². The van der Waals surface area contributed by atoms with Crippen LogP contribution in [0.25, 0.3) is 77.2 Å². The lowest BCUT2D eigenvalue weighted by atomic mass is 9.80. The zero-order valence-corrected chi connectivity index (χ0v) is 27.5. The van der Waals surface area contributed by atoms with Gasteiger partial charge >= 0.3 is 0 Å². The largest absolute Gasteiger partial charge is 0.192 e. The fourth-order valence-corrected chi connectivity index (χ4v) is 8.08. The maximum atomic E-state index is 9.65. The molecule has 1 heteroatoms. The number of nitriles is 1. The fraction of sp³-hybridized carbons (Fsp3) is 0.0625. The van der Waals surface area contributed by atoms with Crippen LogP contribution in [0.2, 0.25) is 0 Å². The topological polar surface area (TPSA) is 23.8 Å². The Morgan fingerprint density at radius 1 is 0.388 bits per heavy atom. The first-order valence-electron chi connectivity index (χ1n) is 16.9. The van der Waals surface area contributed by atoms with Crippen molar-refractivity contribution in [1.82, 2.24) is 0 Å². The highest BCUT2D eigenvalue weighted by Crippen LogP contribution is 2.51. The average Bonchev–Trinajstić information content (AvgIpc) is 3.39. The summed E-state index contributed by atoms with van der Waals surface area (Å²) < 4.78 is 0. The van der Waals surface area contributed by atoms with Gasteiger partial charge in [-0.3, -0.25) is 0 Å². The molecule has 0 N–H and O–H groups in total. The molecule has 0 saturated carbocycles. The van der Waals surface area contributed by atoms with E-state index in [2.05, 4.69) is 178 Å². The second-order valence-corrected chi connectivity index (χ2v) is 13.6. The number of hydrogen-bond donors (Lipinski definition) is 0. The van der Waals surface area contributed by atoms with Gasteiger partial charge in [-0.2, -0.15) is 5.26 Å². The Morgan fingerprint density at radius 3 is 1.33 bits per heavy atom. The second kappa shape index (κ2) is 11.2. The molecule has 49 heavy (non-hydrogen) atoms. The van der Waals surface area contributed by atoms with Gasteiger partial charge < -0.3 is 0 Å². The third kappa shape index (κ3) is 4.61. The van der Waals surface area contributed by atoms with Crippen LogP contribution in [0.1, 0.15) is 30.5 Å². The standard InChI is InChI=1S/C48H33N/c1-48(2)44-25-31(30-49)21-23-38(44)39-24-22-34(29-45(39)48)46-40-17-9-11-19-42(40)47(43-20-12-10-18-41(43)46)37-27-35(32-13-5-3-6-14-32)26-36(28-37)33-15-7-4-8-16-33/h3-29H,1-2H3. The molecule has 0 atom stereocenters. The molecule has 0 spiro atoms. The molecule has 0 saturated heterocycles. The number of rotatable bonds is 4. The second-order valence-electron chi connectivity index (χ2n) is 13.6. The Hall–Kier alpha value is -6.23. The third-order valence-corrected chi connectivity index (χ3v) is 10.5. The van der Waals surface area contributed by atoms with E-state index < -0.39 is 0 Å². The molecule has 0 fully saturated rings. The SMILES string of the molecule is CC1(C)c2cc(C#N)ccc2-c2ccc(-c3c4ccccc4c(-c4cc(-c5ccccc5)cc(-c5ccccc5)c4)c4ccccc34)cc21. The van der Waals surface area contributed by atoms with Crippen molar-refractivity contribution in [3.05, 3.63) is 180 Å². The summed E-state index contributed by atoms with van der Waals surface area (Å²) in [7, 11) is 0. The molecule has 1 aliphatic rings. The summed E-state index contributed by atoms with van der Waals surface area (Å²) in [6.45, 7) is 4.57. The van der Waals surface area contributed by atoms with E-state index in [9.17, 15) is 5.26 Å². The molecule has 0 aromatic heterocycles. The first-order chi connectivity index (χ1) is 24.0. The van der Waals surface area contributed by atoms with Gasteiger partial charge in [0.05, 0.1) is 11.6 Å². The number of fused-ring (bicyclic) bond motifs is 5. The average molecular weight is 624 g/mol. The molecule has 0 aliphatic heterocycles. The Bertz CT molecular complexity index is 2510. The summed E-state index contributed by atoms with van der Waals surface area (Å²) >= 11 is 0. The van der Waals surface area contributed by atoms with Crippen LogP contribution in [0.15, 0.2) is 164 Å². The summed E-state index contributed by atoms with van der Waals surface area (Å²) in [4.78, 5) is 0. The van der Waals surface area contributed by atoms with Crippen LogP contribution < -0.4 is 0 Å². The minimum absolute atomic E-state index is 0.217. The zero-order valence-electron chi connectivity index (χ0n) is 27.5. The van der Waals surface area contributed by atoms with E-state index >= 15 is 0 Å². The molecule has 8 aromatic carbocycles. The van der Waals surface area contributed by atoms with Crippen LogP contribution in [0.4, 0.5) is 0 Å². The maximum Gasteiger partial charge on any atom is 0.0991 e. The molecular formula is C48H33N. The van der Waals surface area contributed by atoms with Crippen LogP contribution in [-0.4, -0.2) is 0 Å².